The van der Waals surface area contributed by atoms with Crippen molar-refractivity contribution in [3.05, 3.63) is 59.2 Å². The van der Waals surface area contributed by atoms with Gasteiger partial charge in [0.25, 0.3) is 11.8 Å². The molecule has 2 aromatic rings. The lowest BCUT2D eigenvalue weighted by Crippen LogP contribution is -2.54. The van der Waals surface area contributed by atoms with Gasteiger partial charge in [-0.3, -0.25) is 39.1 Å². The molecule has 0 bridgehead atoms. The molecule has 0 aromatic heterocycles. The number of alkyl halides is 3. The Balaban J connectivity index is 1.11. The fourth-order valence-corrected chi connectivity index (χ4v) is 7.05. The minimum Gasteiger partial charge on any atom is -0.342 e. The minimum absolute atomic E-state index is 0.0409. The summed E-state index contributed by atoms with van der Waals surface area (Å²) in [4.78, 5) is 67.6. The second-order valence-corrected chi connectivity index (χ2v) is 12.3. The quantitative estimate of drug-likeness (QED) is 0.515. The molecule has 5 amide bonds. The summed E-state index contributed by atoms with van der Waals surface area (Å²) in [6, 6.07) is 11.8. The van der Waals surface area contributed by atoms with E-state index in [1.54, 1.807) is 18.2 Å². The second-order valence-electron chi connectivity index (χ2n) is 12.3. The Morgan fingerprint density at radius 1 is 0.886 bits per heavy atom. The van der Waals surface area contributed by atoms with Crippen molar-refractivity contribution in [2.75, 3.05) is 26.2 Å². The molecule has 1 atom stereocenters. The van der Waals surface area contributed by atoms with Gasteiger partial charge in [0.05, 0.1) is 11.1 Å². The average Bonchev–Trinajstić information content (AvgIpc) is 3.23. The Labute approximate surface area is 252 Å². The van der Waals surface area contributed by atoms with E-state index in [9.17, 15) is 37.1 Å². The Morgan fingerprint density at radius 3 is 2.23 bits per heavy atom. The van der Waals surface area contributed by atoms with Gasteiger partial charge in [-0.1, -0.05) is 30.3 Å². The number of piperidine rings is 3. The van der Waals surface area contributed by atoms with E-state index in [1.165, 1.54) is 4.90 Å². The van der Waals surface area contributed by atoms with Crippen molar-refractivity contribution < 1.29 is 37.1 Å². The van der Waals surface area contributed by atoms with E-state index in [0.717, 1.165) is 42.0 Å². The number of hydrogen-bond donors (Lipinski definition) is 1. The number of fused-ring (bicyclic) bond motifs is 1. The van der Waals surface area contributed by atoms with Crippen LogP contribution in [0.15, 0.2) is 42.5 Å². The summed E-state index contributed by atoms with van der Waals surface area (Å²) in [5.41, 5.74) is 2.92. The van der Waals surface area contributed by atoms with Crippen LogP contribution in [0.4, 0.5) is 13.2 Å². The summed E-state index contributed by atoms with van der Waals surface area (Å²) in [7, 11) is 0. The van der Waals surface area contributed by atoms with Crippen molar-refractivity contribution in [1.29, 1.82) is 0 Å². The van der Waals surface area contributed by atoms with Crippen molar-refractivity contribution in [3.8, 4) is 11.1 Å². The first-order valence-corrected chi connectivity index (χ1v) is 14.9. The molecule has 0 radical (unpaired) electrons. The lowest BCUT2D eigenvalue weighted by atomic mass is 9.71. The highest BCUT2D eigenvalue weighted by molar-refractivity contribution is 6.25. The molecule has 3 saturated heterocycles. The van der Waals surface area contributed by atoms with Crippen molar-refractivity contribution in [3.63, 3.8) is 0 Å². The Kier molecular flexibility index (Phi) is 7.81. The smallest absolute Gasteiger partial charge is 0.342 e. The predicted octanol–water partition coefficient (Wildman–Crippen LogP) is 3.91. The number of carbonyl (C=O) groups is 5. The molecule has 1 spiro atoms. The van der Waals surface area contributed by atoms with Crippen LogP contribution in [0.25, 0.3) is 11.1 Å². The minimum atomic E-state index is -4.49. The molecule has 9 nitrogen and oxygen atoms in total. The average molecular weight is 611 g/mol. The highest BCUT2D eigenvalue weighted by atomic mass is 19.4. The normalized spacial score (nSPS) is 22.4. The van der Waals surface area contributed by atoms with Crippen molar-refractivity contribution in [2.45, 2.75) is 63.7 Å². The summed E-state index contributed by atoms with van der Waals surface area (Å²) < 4.78 is 37.9. The van der Waals surface area contributed by atoms with Crippen LogP contribution in [0.3, 0.4) is 0 Å². The maximum Gasteiger partial charge on any atom is 0.397 e. The highest BCUT2D eigenvalue weighted by Crippen LogP contribution is 2.42. The number of nitrogens with zero attached hydrogens (tertiary/aromatic N) is 3. The first-order valence-electron chi connectivity index (χ1n) is 14.9. The van der Waals surface area contributed by atoms with Gasteiger partial charge in [-0.15, -0.1) is 0 Å². The highest BCUT2D eigenvalue weighted by Gasteiger charge is 2.46. The van der Waals surface area contributed by atoms with E-state index >= 15 is 0 Å². The molecule has 3 fully saturated rings. The summed E-state index contributed by atoms with van der Waals surface area (Å²) >= 11 is 0. The van der Waals surface area contributed by atoms with Gasteiger partial charge < -0.3 is 4.90 Å². The SMILES string of the molecule is O=C1CCC(N2C(=O)c3cccc(-c4cccc(CN5CCC6(CC5)CCN(C(=O)CC(F)(F)F)CC6)c4)c3C2=O)C(=O)N1. The lowest BCUT2D eigenvalue weighted by Gasteiger charge is -2.47. The van der Waals surface area contributed by atoms with Gasteiger partial charge in [0.1, 0.15) is 12.5 Å². The van der Waals surface area contributed by atoms with E-state index in [4.69, 9.17) is 0 Å². The third kappa shape index (κ3) is 5.87. The van der Waals surface area contributed by atoms with E-state index in [1.807, 2.05) is 24.3 Å². The molecule has 0 saturated carbocycles. The summed E-state index contributed by atoms with van der Waals surface area (Å²) in [5, 5.41) is 2.22. The zero-order valence-corrected chi connectivity index (χ0v) is 24.1. The van der Waals surface area contributed by atoms with Crippen molar-refractivity contribution >= 4 is 29.5 Å². The van der Waals surface area contributed by atoms with E-state index in [-0.39, 0.29) is 29.4 Å². The molecule has 44 heavy (non-hydrogen) atoms. The number of halogens is 3. The van der Waals surface area contributed by atoms with Crippen LogP contribution in [0, 0.1) is 5.41 Å². The fourth-order valence-electron chi connectivity index (χ4n) is 7.05. The van der Waals surface area contributed by atoms with Crippen LogP contribution < -0.4 is 5.32 Å². The van der Waals surface area contributed by atoms with Crippen LogP contribution in [0.2, 0.25) is 0 Å². The fraction of sp³-hybridized carbons (Fsp3) is 0.469. The van der Waals surface area contributed by atoms with Gasteiger partial charge in [0, 0.05) is 26.1 Å². The zero-order chi connectivity index (χ0) is 31.2. The Hall–Kier alpha value is -4.06. The number of rotatable bonds is 5. The first kappa shape index (κ1) is 30.0. The number of benzene rings is 2. The molecule has 0 aliphatic carbocycles. The van der Waals surface area contributed by atoms with E-state index in [0.29, 0.717) is 38.0 Å². The van der Waals surface area contributed by atoms with Gasteiger partial charge in [0.2, 0.25) is 17.7 Å². The third-order valence-corrected chi connectivity index (χ3v) is 9.56. The summed E-state index contributed by atoms with van der Waals surface area (Å²) in [5.74, 6) is -3.01. The second kappa shape index (κ2) is 11.5. The van der Waals surface area contributed by atoms with Crippen LogP contribution in [-0.2, 0) is 20.9 Å². The van der Waals surface area contributed by atoms with Crippen molar-refractivity contribution in [1.82, 2.24) is 20.0 Å². The largest absolute Gasteiger partial charge is 0.397 e. The van der Waals surface area contributed by atoms with Crippen LogP contribution in [0.1, 0.15) is 71.2 Å². The molecule has 1 N–H and O–H groups in total. The standard InChI is InChI=1S/C32H33F3N4O5/c33-32(34,35)18-26(41)38-15-11-31(12-16-38)9-13-37(14-10-31)19-20-3-1-4-21(17-20)22-5-2-6-23-27(22)30(44)39(29(23)43)24-7-8-25(40)36-28(24)42/h1-6,17,24H,7-16,18-19H2,(H,36,40,42). The number of nitrogens with one attached hydrogen (secondary N) is 1. The van der Waals surface area contributed by atoms with Crippen molar-refractivity contribution in [2.24, 2.45) is 5.41 Å². The maximum atomic E-state index is 13.6. The summed E-state index contributed by atoms with van der Waals surface area (Å²) in [6.45, 7) is 3.05. The number of imide groups is 2. The van der Waals surface area contributed by atoms with E-state index < -0.39 is 48.2 Å². The monoisotopic (exact) mass is 610 g/mol. The number of amides is 5. The predicted molar refractivity (Wildman–Crippen MR) is 152 cm³/mol. The molecule has 4 aliphatic rings. The Bertz CT molecular complexity index is 1520. The third-order valence-electron chi connectivity index (χ3n) is 9.56. The topological polar surface area (TPSA) is 107 Å². The Morgan fingerprint density at radius 2 is 1.55 bits per heavy atom. The molecule has 1 unspecified atom stereocenters. The molecule has 232 valence electrons. The van der Waals surface area contributed by atoms with Gasteiger partial charge in [-0.05, 0) is 79.4 Å². The van der Waals surface area contributed by atoms with Gasteiger partial charge >= 0.3 is 6.18 Å². The first-order chi connectivity index (χ1) is 20.9. The molecule has 4 aliphatic heterocycles. The van der Waals surface area contributed by atoms with Gasteiger partial charge in [-0.2, -0.15) is 13.2 Å². The molecular formula is C32H33F3N4O5. The molecule has 4 heterocycles. The molecule has 6 rings (SSSR count). The van der Waals surface area contributed by atoms with Crippen LogP contribution >= 0.6 is 0 Å². The number of hydrogen-bond acceptors (Lipinski definition) is 6. The maximum absolute atomic E-state index is 13.6. The van der Waals surface area contributed by atoms with E-state index in [2.05, 4.69) is 10.2 Å². The van der Waals surface area contributed by atoms with Gasteiger partial charge in [0.15, 0.2) is 0 Å². The number of likely N-dealkylation sites (tertiary alicyclic amines) is 2. The molecular weight excluding hydrogens is 577 g/mol. The zero-order valence-electron chi connectivity index (χ0n) is 24.1. The molecule has 12 heteroatoms. The lowest BCUT2D eigenvalue weighted by molar-refractivity contribution is -0.163. The number of carbonyl (C=O) groups excluding carboxylic acids is 5. The molecule has 2 aromatic carbocycles. The van der Waals surface area contributed by atoms with Crippen LogP contribution in [0.5, 0.6) is 0 Å². The van der Waals surface area contributed by atoms with Crippen LogP contribution in [-0.4, -0.2) is 82.6 Å². The van der Waals surface area contributed by atoms with Gasteiger partial charge in [-0.25, -0.2) is 0 Å². The summed E-state index contributed by atoms with van der Waals surface area (Å²) in [6.07, 6.45) is -2.51.